The predicted molar refractivity (Wildman–Crippen MR) is 56.7 cm³/mol. The van der Waals surface area contributed by atoms with Gasteiger partial charge in [0.15, 0.2) is 5.16 Å². The van der Waals surface area contributed by atoms with Gasteiger partial charge in [-0.3, -0.25) is 0 Å². The number of thioether (sulfide) groups is 1. The van der Waals surface area contributed by atoms with E-state index >= 15 is 0 Å². The molecule has 1 aliphatic rings. The summed E-state index contributed by atoms with van der Waals surface area (Å²) >= 11 is 1.30. The molecule has 1 aliphatic heterocycles. The van der Waals surface area contributed by atoms with Crippen LogP contribution in [0.15, 0.2) is 11.5 Å². The highest BCUT2D eigenvalue weighted by Crippen LogP contribution is 2.21. The molecular weight excluding hydrogens is 232 g/mol. The number of ether oxygens (including phenoxy) is 1. The third-order valence-corrected chi connectivity index (χ3v) is 3.15. The van der Waals surface area contributed by atoms with Crippen LogP contribution in [-0.4, -0.2) is 55.8 Å². The number of aliphatic hydroxyl groups is 2. The molecule has 3 unspecified atom stereocenters. The monoisotopic (exact) mass is 244 g/mol. The van der Waals surface area contributed by atoms with Gasteiger partial charge in [-0.15, -0.1) is 0 Å². The van der Waals surface area contributed by atoms with Crippen LogP contribution in [0.1, 0.15) is 0 Å². The maximum absolute atomic E-state index is 9.52. The van der Waals surface area contributed by atoms with E-state index in [0.29, 0.717) is 10.9 Å². The number of anilines is 1. The van der Waals surface area contributed by atoms with E-state index < -0.39 is 18.3 Å². The van der Waals surface area contributed by atoms with Crippen molar-refractivity contribution in [3.63, 3.8) is 0 Å². The molecule has 3 atom stereocenters. The average Bonchev–Trinajstić information content (AvgIpc) is 2.57. The van der Waals surface area contributed by atoms with Gasteiger partial charge in [0, 0.05) is 5.75 Å². The van der Waals surface area contributed by atoms with Crippen molar-refractivity contribution in [3.05, 3.63) is 6.33 Å². The summed E-state index contributed by atoms with van der Waals surface area (Å²) in [5.41, 5.74) is 5.40. The first-order valence-corrected chi connectivity index (χ1v) is 5.70. The van der Waals surface area contributed by atoms with Gasteiger partial charge in [0.25, 0.3) is 0 Å². The van der Waals surface area contributed by atoms with E-state index in [1.165, 1.54) is 18.1 Å². The molecule has 1 saturated heterocycles. The van der Waals surface area contributed by atoms with Gasteiger partial charge in [-0.2, -0.15) is 4.98 Å². The quantitative estimate of drug-likeness (QED) is 0.560. The number of hydrogen-bond acceptors (Lipinski definition) is 8. The van der Waals surface area contributed by atoms with E-state index in [1.54, 1.807) is 0 Å². The van der Waals surface area contributed by atoms with Crippen molar-refractivity contribution in [2.75, 3.05) is 18.1 Å². The molecule has 88 valence electrons. The molecule has 7 nitrogen and oxygen atoms in total. The minimum atomic E-state index is -0.855. The van der Waals surface area contributed by atoms with Crippen LogP contribution in [0, 0.1) is 0 Å². The lowest BCUT2D eigenvalue weighted by Gasteiger charge is -2.13. The standard InChI is InChI=1S/C8H12N4O3S/c9-7-10-3-11-8(12-7)16-2-5-6(14)4(13)1-15-5/h3-6,13-14H,1-2H2,(H2,9,10,11,12). The minimum Gasteiger partial charge on any atom is -0.388 e. The van der Waals surface area contributed by atoms with Crippen molar-refractivity contribution in [2.45, 2.75) is 23.5 Å². The van der Waals surface area contributed by atoms with Crippen molar-refractivity contribution < 1.29 is 14.9 Å². The van der Waals surface area contributed by atoms with Crippen molar-refractivity contribution in [3.8, 4) is 0 Å². The second kappa shape index (κ2) is 4.91. The number of aliphatic hydroxyl groups excluding tert-OH is 2. The Morgan fingerprint density at radius 3 is 2.94 bits per heavy atom. The number of hydrogen-bond donors (Lipinski definition) is 3. The Balaban J connectivity index is 1.88. The fraction of sp³-hybridized carbons (Fsp3) is 0.625. The Bertz CT molecular complexity index is 367. The van der Waals surface area contributed by atoms with E-state index in [-0.39, 0.29) is 12.6 Å². The molecule has 1 fully saturated rings. The average molecular weight is 244 g/mol. The number of rotatable bonds is 3. The number of aromatic nitrogens is 3. The lowest BCUT2D eigenvalue weighted by molar-refractivity contribution is 0.0337. The zero-order chi connectivity index (χ0) is 11.5. The summed E-state index contributed by atoms with van der Waals surface area (Å²) in [4.78, 5) is 11.5. The van der Waals surface area contributed by atoms with Crippen molar-refractivity contribution >= 4 is 17.7 Å². The summed E-state index contributed by atoms with van der Waals surface area (Å²) in [5.74, 6) is 0.618. The lowest BCUT2D eigenvalue weighted by atomic mass is 10.2. The summed E-state index contributed by atoms with van der Waals surface area (Å²) in [6.07, 6.45) is -0.746. The van der Waals surface area contributed by atoms with Crippen LogP contribution in [0.5, 0.6) is 0 Å². The number of nitrogens with zero attached hydrogens (tertiary/aromatic N) is 3. The predicted octanol–water partition coefficient (Wildman–Crippen LogP) is -1.33. The Hall–Kier alpha value is -0.960. The summed E-state index contributed by atoms with van der Waals surface area (Å²) in [6, 6.07) is 0. The molecule has 1 aromatic heterocycles. The van der Waals surface area contributed by atoms with Crippen LogP contribution >= 0.6 is 11.8 Å². The highest BCUT2D eigenvalue weighted by Gasteiger charge is 2.34. The van der Waals surface area contributed by atoms with Crippen molar-refractivity contribution in [1.82, 2.24) is 15.0 Å². The second-order valence-electron chi connectivity index (χ2n) is 3.37. The first-order valence-electron chi connectivity index (χ1n) is 4.72. The molecule has 0 amide bonds. The third kappa shape index (κ3) is 2.59. The number of nitrogen functional groups attached to an aromatic ring is 1. The van der Waals surface area contributed by atoms with E-state index in [4.69, 9.17) is 10.5 Å². The SMILES string of the molecule is Nc1ncnc(SCC2OCC(O)C2O)n1. The molecule has 2 heterocycles. The second-order valence-corrected chi connectivity index (χ2v) is 4.35. The van der Waals surface area contributed by atoms with Crippen molar-refractivity contribution in [2.24, 2.45) is 0 Å². The molecule has 0 saturated carbocycles. The van der Waals surface area contributed by atoms with Crippen LogP contribution in [0.4, 0.5) is 5.95 Å². The smallest absolute Gasteiger partial charge is 0.223 e. The Morgan fingerprint density at radius 2 is 2.31 bits per heavy atom. The number of nitrogens with two attached hydrogens (primary N) is 1. The maximum Gasteiger partial charge on any atom is 0.223 e. The summed E-state index contributed by atoms with van der Waals surface area (Å²) in [5, 5.41) is 19.3. The van der Waals surface area contributed by atoms with Gasteiger partial charge in [-0.05, 0) is 0 Å². The zero-order valence-electron chi connectivity index (χ0n) is 8.35. The molecule has 16 heavy (non-hydrogen) atoms. The van der Waals surface area contributed by atoms with Crippen LogP contribution in [0.2, 0.25) is 0 Å². The van der Waals surface area contributed by atoms with Gasteiger partial charge in [-0.1, -0.05) is 11.8 Å². The van der Waals surface area contributed by atoms with Gasteiger partial charge in [-0.25, -0.2) is 9.97 Å². The maximum atomic E-state index is 9.52. The molecule has 0 aromatic carbocycles. The Morgan fingerprint density at radius 1 is 1.50 bits per heavy atom. The van der Waals surface area contributed by atoms with Gasteiger partial charge in [0.05, 0.1) is 12.7 Å². The van der Waals surface area contributed by atoms with Gasteiger partial charge >= 0.3 is 0 Å². The Labute approximate surface area is 96.1 Å². The zero-order valence-corrected chi connectivity index (χ0v) is 9.17. The largest absolute Gasteiger partial charge is 0.388 e. The van der Waals surface area contributed by atoms with Crippen LogP contribution < -0.4 is 5.73 Å². The van der Waals surface area contributed by atoms with Crippen LogP contribution in [0.3, 0.4) is 0 Å². The van der Waals surface area contributed by atoms with Gasteiger partial charge in [0.2, 0.25) is 5.95 Å². The molecule has 0 spiro atoms. The molecule has 0 bridgehead atoms. The van der Waals surface area contributed by atoms with E-state index in [1.807, 2.05) is 0 Å². The third-order valence-electron chi connectivity index (χ3n) is 2.20. The summed E-state index contributed by atoms with van der Waals surface area (Å²) in [7, 11) is 0. The molecular formula is C8H12N4O3S. The highest BCUT2D eigenvalue weighted by atomic mass is 32.2. The molecule has 0 aliphatic carbocycles. The van der Waals surface area contributed by atoms with Crippen LogP contribution in [-0.2, 0) is 4.74 Å². The van der Waals surface area contributed by atoms with E-state index in [9.17, 15) is 10.2 Å². The fourth-order valence-corrected chi connectivity index (χ4v) is 2.22. The first-order chi connectivity index (χ1) is 7.66. The van der Waals surface area contributed by atoms with E-state index in [0.717, 1.165) is 0 Å². The topological polar surface area (TPSA) is 114 Å². The first kappa shape index (κ1) is 11.5. The minimum absolute atomic E-state index is 0.158. The molecule has 0 radical (unpaired) electrons. The van der Waals surface area contributed by atoms with E-state index in [2.05, 4.69) is 15.0 Å². The Kier molecular flexibility index (Phi) is 3.54. The van der Waals surface area contributed by atoms with Crippen molar-refractivity contribution in [1.29, 1.82) is 0 Å². The fourth-order valence-electron chi connectivity index (χ4n) is 1.33. The summed E-state index contributed by atoms with van der Waals surface area (Å²) < 4.78 is 5.21. The van der Waals surface area contributed by atoms with Gasteiger partial charge in [0.1, 0.15) is 18.5 Å². The molecule has 1 aromatic rings. The normalized spacial score (nSPS) is 29.5. The molecule has 8 heteroatoms. The molecule has 4 N–H and O–H groups in total. The molecule has 2 rings (SSSR count). The van der Waals surface area contributed by atoms with Crippen LogP contribution in [0.25, 0.3) is 0 Å². The van der Waals surface area contributed by atoms with Gasteiger partial charge < -0.3 is 20.7 Å². The highest BCUT2D eigenvalue weighted by molar-refractivity contribution is 7.99. The summed E-state index contributed by atoms with van der Waals surface area (Å²) in [6.45, 7) is 0.158. The lowest BCUT2D eigenvalue weighted by Crippen LogP contribution is -2.31.